The third-order valence-electron chi connectivity index (χ3n) is 4.85. The standard InChI is InChI=1S/C16H20N2O3/c1-2-18-10-16(9-14(18)19)6-5-11-7-12(15(20)17-21)3-4-13(11)8-16/h3-4,7,21H,2,5-6,8-10H2,1H3,(H,17,20). The van der Waals surface area contributed by atoms with Crippen LogP contribution in [0.15, 0.2) is 18.2 Å². The lowest BCUT2D eigenvalue weighted by molar-refractivity contribution is -0.127. The molecule has 1 fully saturated rings. The fraction of sp³-hybridized carbons (Fsp3) is 0.500. The minimum Gasteiger partial charge on any atom is -0.342 e. The molecule has 0 radical (unpaired) electrons. The maximum absolute atomic E-state index is 12.0. The predicted octanol–water partition coefficient (Wildman–Crippen LogP) is 1.53. The molecule has 0 aromatic heterocycles. The normalized spacial score (nSPS) is 24.3. The summed E-state index contributed by atoms with van der Waals surface area (Å²) in [6.07, 6.45) is 3.39. The average Bonchev–Trinajstić information content (AvgIpc) is 2.81. The molecule has 3 rings (SSSR count). The maximum Gasteiger partial charge on any atom is 0.274 e. The first kappa shape index (κ1) is 14.1. The first-order valence-corrected chi connectivity index (χ1v) is 7.41. The molecule has 112 valence electrons. The minimum absolute atomic E-state index is 0.0703. The summed E-state index contributed by atoms with van der Waals surface area (Å²) >= 11 is 0. The van der Waals surface area contributed by atoms with Gasteiger partial charge in [0.2, 0.25) is 5.91 Å². The minimum atomic E-state index is -0.480. The van der Waals surface area contributed by atoms with E-state index < -0.39 is 5.91 Å². The Bertz CT molecular complexity index is 599. The number of aryl methyl sites for hydroxylation is 1. The molecule has 5 heteroatoms. The van der Waals surface area contributed by atoms with Crippen LogP contribution in [0.2, 0.25) is 0 Å². The van der Waals surface area contributed by atoms with Gasteiger partial charge in [-0.1, -0.05) is 6.07 Å². The highest BCUT2D eigenvalue weighted by Gasteiger charge is 2.44. The van der Waals surface area contributed by atoms with Crippen molar-refractivity contribution in [1.29, 1.82) is 0 Å². The molecule has 2 amide bonds. The summed E-state index contributed by atoms with van der Waals surface area (Å²) in [7, 11) is 0. The summed E-state index contributed by atoms with van der Waals surface area (Å²) in [5.74, 6) is -0.219. The molecule has 5 nitrogen and oxygen atoms in total. The van der Waals surface area contributed by atoms with E-state index in [4.69, 9.17) is 5.21 Å². The predicted molar refractivity (Wildman–Crippen MR) is 77.0 cm³/mol. The Hall–Kier alpha value is -1.88. The molecule has 21 heavy (non-hydrogen) atoms. The number of fused-ring (bicyclic) bond motifs is 1. The molecule has 1 heterocycles. The number of rotatable bonds is 2. The van der Waals surface area contributed by atoms with Crippen molar-refractivity contribution in [1.82, 2.24) is 10.4 Å². The fourth-order valence-corrected chi connectivity index (χ4v) is 3.68. The molecule has 0 saturated carbocycles. The number of hydrogen-bond acceptors (Lipinski definition) is 3. The summed E-state index contributed by atoms with van der Waals surface area (Å²) in [5, 5.41) is 8.70. The van der Waals surface area contributed by atoms with Gasteiger partial charge >= 0.3 is 0 Å². The van der Waals surface area contributed by atoms with E-state index in [1.807, 2.05) is 24.0 Å². The molecule has 1 spiro atoms. The van der Waals surface area contributed by atoms with E-state index in [1.165, 1.54) is 5.56 Å². The molecule has 1 atom stereocenters. The van der Waals surface area contributed by atoms with Crippen LogP contribution in [0.5, 0.6) is 0 Å². The van der Waals surface area contributed by atoms with E-state index in [-0.39, 0.29) is 11.3 Å². The first-order valence-electron chi connectivity index (χ1n) is 7.41. The van der Waals surface area contributed by atoms with Crippen molar-refractivity contribution in [3.63, 3.8) is 0 Å². The number of nitrogens with one attached hydrogen (secondary N) is 1. The highest BCUT2D eigenvalue weighted by molar-refractivity contribution is 5.93. The molecule has 1 saturated heterocycles. The Morgan fingerprint density at radius 3 is 2.86 bits per heavy atom. The summed E-state index contributed by atoms with van der Waals surface area (Å²) in [4.78, 5) is 25.4. The summed E-state index contributed by atoms with van der Waals surface area (Å²) in [5.41, 5.74) is 4.59. The first-order chi connectivity index (χ1) is 10.1. The third-order valence-corrected chi connectivity index (χ3v) is 4.85. The van der Waals surface area contributed by atoms with Crippen LogP contribution >= 0.6 is 0 Å². The Kier molecular flexibility index (Phi) is 3.45. The van der Waals surface area contributed by atoms with Crippen molar-refractivity contribution in [3.05, 3.63) is 34.9 Å². The Morgan fingerprint density at radius 1 is 1.38 bits per heavy atom. The van der Waals surface area contributed by atoms with Crippen LogP contribution in [-0.2, 0) is 17.6 Å². The van der Waals surface area contributed by atoms with Crippen LogP contribution in [0.1, 0.15) is 41.3 Å². The quantitative estimate of drug-likeness (QED) is 0.640. The molecule has 2 aliphatic rings. The molecule has 1 aliphatic carbocycles. The summed E-state index contributed by atoms with van der Waals surface area (Å²) in [6, 6.07) is 5.54. The van der Waals surface area contributed by atoms with E-state index in [9.17, 15) is 9.59 Å². The number of hydroxylamine groups is 1. The zero-order chi connectivity index (χ0) is 15.0. The van der Waals surface area contributed by atoms with E-state index in [0.29, 0.717) is 12.0 Å². The molecule has 1 unspecified atom stereocenters. The van der Waals surface area contributed by atoms with Gasteiger partial charge in [-0.05, 0) is 49.4 Å². The monoisotopic (exact) mass is 288 g/mol. The molecule has 1 aromatic carbocycles. The van der Waals surface area contributed by atoms with Gasteiger partial charge in [0.05, 0.1) is 0 Å². The zero-order valence-corrected chi connectivity index (χ0v) is 12.2. The van der Waals surface area contributed by atoms with Gasteiger partial charge in [0.1, 0.15) is 0 Å². The van der Waals surface area contributed by atoms with Gasteiger partial charge in [0.25, 0.3) is 5.91 Å². The van der Waals surface area contributed by atoms with Crippen molar-refractivity contribution >= 4 is 11.8 Å². The lowest BCUT2D eigenvalue weighted by Gasteiger charge is -2.34. The zero-order valence-electron chi connectivity index (χ0n) is 12.2. The van der Waals surface area contributed by atoms with E-state index in [0.717, 1.165) is 37.9 Å². The highest BCUT2D eigenvalue weighted by atomic mass is 16.5. The molecule has 0 bridgehead atoms. The van der Waals surface area contributed by atoms with Gasteiger partial charge in [-0.3, -0.25) is 14.8 Å². The molecule has 2 N–H and O–H groups in total. The van der Waals surface area contributed by atoms with Crippen LogP contribution < -0.4 is 5.48 Å². The number of likely N-dealkylation sites (tertiary alicyclic amines) is 1. The summed E-state index contributed by atoms with van der Waals surface area (Å²) < 4.78 is 0. The fourth-order valence-electron chi connectivity index (χ4n) is 3.68. The highest BCUT2D eigenvalue weighted by Crippen LogP contribution is 2.43. The summed E-state index contributed by atoms with van der Waals surface area (Å²) in [6.45, 7) is 3.65. The molecular formula is C16H20N2O3. The van der Waals surface area contributed by atoms with Crippen molar-refractivity contribution in [3.8, 4) is 0 Å². The van der Waals surface area contributed by atoms with Crippen molar-refractivity contribution in [2.75, 3.05) is 13.1 Å². The second-order valence-electron chi connectivity index (χ2n) is 6.19. The second kappa shape index (κ2) is 5.15. The molecule has 1 aliphatic heterocycles. The van der Waals surface area contributed by atoms with Gasteiger partial charge in [-0.25, -0.2) is 5.48 Å². The largest absolute Gasteiger partial charge is 0.342 e. The van der Waals surface area contributed by atoms with Crippen molar-refractivity contribution in [2.45, 2.75) is 32.6 Å². The second-order valence-corrected chi connectivity index (χ2v) is 6.19. The number of carbonyl (C=O) groups is 2. The van der Waals surface area contributed by atoms with Gasteiger partial charge in [-0.15, -0.1) is 0 Å². The smallest absolute Gasteiger partial charge is 0.274 e. The number of carbonyl (C=O) groups excluding carboxylic acids is 2. The number of nitrogens with zero attached hydrogens (tertiary/aromatic N) is 1. The lowest BCUT2D eigenvalue weighted by Crippen LogP contribution is -2.33. The van der Waals surface area contributed by atoms with E-state index >= 15 is 0 Å². The Morgan fingerprint density at radius 2 is 2.19 bits per heavy atom. The Balaban J connectivity index is 1.84. The molecule has 1 aromatic rings. The average molecular weight is 288 g/mol. The maximum atomic E-state index is 12.0. The van der Waals surface area contributed by atoms with Crippen LogP contribution in [0.25, 0.3) is 0 Å². The van der Waals surface area contributed by atoms with E-state index in [1.54, 1.807) is 11.5 Å². The van der Waals surface area contributed by atoms with Gasteiger partial charge in [0.15, 0.2) is 0 Å². The number of hydrogen-bond donors (Lipinski definition) is 2. The SMILES string of the molecule is CCN1CC2(CCc3cc(C(=O)NO)ccc3C2)CC1=O. The number of amides is 2. The third kappa shape index (κ3) is 2.42. The van der Waals surface area contributed by atoms with Gasteiger partial charge < -0.3 is 4.90 Å². The van der Waals surface area contributed by atoms with Gasteiger partial charge in [-0.2, -0.15) is 0 Å². The Labute approximate surface area is 123 Å². The van der Waals surface area contributed by atoms with Gasteiger partial charge in [0, 0.05) is 30.5 Å². The van der Waals surface area contributed by atoms with E-state index in [2.05, 4.69) is 0 Å². The van der Waals surface area contributed by atoms with Crippen LogP contribution in [0, 0.1) is 5.41 Å². The number of benzene rings is 1. The lowest BCUT2D eigenvalue weighted by atomic mass is 9.71. The molecular weight excluding hydrogens is 268 g/mol. The van der Waals surface area contributed by atoms with Crippen molar-refractivity contribution < 1.29 is 14.8 Å². The van der Waals surface area contributed by atoms with Crippen LogP contribution in [-0.4, -0.2) is 35.0 Å². The van der Waals surface area contributed by atoms with Crippen LogP contribution in [0.4, 0.5) is 0 Å². The topological polar surface area (TPSA) is 69.6 Å². The van der Waals surface area contributed by atoms with Crippen LogP contribution in [0.3, 0.4) is 0 Å². The van der Waals surface area contributed by atoms with Crippen molar-refractivity contribution in [2.24, 2.45) is 5.41 Å².